The van der Waals surface area contributed by atoms with E-state index in [4.69, 9.17) is 4.74 Å². The summed E-state index contributed by atoms with van der Waals surface area (Å²) in [6, 6.07) is 7.11. The minimum Gasteiger partial charge on any atom is -0.454 e. The number of amides is 4. The van der Waals surface area contributed by atoms with E-state index in [9.17, 15) is 19.2 Å². The van der Waals surface area contributed by atoms with Gasteiger partial charge in [-0.1, -0.05) is 38.1 Å². The number of carbonyl (C=O) groups is 4. The molecule has 2 rings (SSSR count). The van der Waals surface area contributed by atoms with Crippen LogP contribution in [0.2, 0.25) is 0 Å². The third-order valence-electron chi connectivity index (χ3n) is 4.60. The number of ether oxygens (including phenoxy) is 1. The van der Waals surface area contributed by atoms with Crippen LogP contribution in [-0.2, 0) is 25.5 Å². The molecule has 0 radical (unpaired) electrons. The largest absolute Gasteiger partial charge is 0.454 e. The van der Waals surface area contributed by atoms with Crippen molar-refractivity contribution in [3.63, 3.8) is 0 Å². The molecule has 0 saturated carbocycles. The summed E-state index contributed by atoms with van der Waals surface area (Å²) in [6.45, 7) is 8.23. The van der Waals surface area contributed by atoms with E-state index in [2.05, 4.69) is 24.5 Å². The lowest BCUT2D eigenvalue weighted by Gasteiger charge is -2.16. The predicted molar refractivity (Wildman–Crippen MR) is 107 cm³/mol. The second-order valence-corrected chi connectivity index (χ2v) is 8.24. The van der Waals surface area contributed by atoms with Crippen LogP contribution in [0.5, 0.6) is 0 Å². The Morgan fingerprint density at radius 1 is 1.14 bits per heavy atom. The fourth-order valence-corrected chi connectivity index (χ4v) is 3.06. The molecule has 1 saturated heterocycles. The van der Waals surface area contributed by atoms with Crippen LogP contribution in [0.3, 0.4) is 0 Å². The molecule has 0 aliphatic carbocycles. The van der Waals surface area contributed by atoms with Gasteiger partial charge in [-0.05, 0) is 44.2 Å². The van der Waals surface area contributed by atoms with Crippen LogP contribution in [0.25, 0.3) is 0 Å². The zero-order valence-corrected chi connectivity index (χ0v) is 17.6. The first-order chi connectivity index (χ1) is 13.5. The van der Waals surface area contributed by atoms with Gasteiger partial charge < -0.3 is 15.4 Å². The summed E-state index contributed by atoms with van der Waals surface area (Å²) in [5.41, 5.74) is 1.12. The lowest BCUT2D eigenvalue weighted by molar-refractivity contribution is -0.151. The average Bonchev–Trinajstić information content (AvgIpc) is 2.81. The van der Waals surface area contributed by atoms with Crippen molar-refractivity contribution in [3.8, 4) is 0 Å². The number of imide groups is 1. The minimum atomic E-state index is -1.06. The fraction of sp³-hybridized carbons (Fsp3) is 0.524. The first-order valence-corrected chi connectivity index (χ1v) is 9.67. The first kappa shape index (κ1) is 22.4. The Balaban J connectivity index is 1.79. The summed E-state index contributed by atoms with van der Waals surface area (Å²) in [4.78, 5) is 48.6. The van der Waals surface area contributed by atoms with E-state index in [-0.39, 0.29) is 6.04 Å². The van der Waals surface area contributed by atoms with Crippen molar-refractivity contribution in [1.82, 2.24) is 15.5 Å². The monoisotopic (exact) mass is 403 g/mol. The zero-order valence-electron chi connectivity index (χ0n) is 17.6. The van der Waals surface area contributed by atoms with E-state index in [0.29, 0.717) is 5.92 Å². The van der Waals surface area contributed by atoms with E-state index < -0.39 is 42.5 Å². The van der Waals surface area contributed by atoms with E-state index in [0.717, 1.165) is 16.9 Å². The molecule has 0 spiro atoms. The van der Waals surface area contributed by atoms with Crippen LogP contribution in [0, 0.1) is 5.92 Å². The Bertz CT molecular complexity index is 786. The van der Waals surface area contributed by atoms with Gasteiger partial charge in [-0.2, -0.15) is 0 Å². The van der Waals surface area contributed by atoms with Gasteiger partial charge in [0.25, 0.3) is 11.8 Å². The second-order valence-electron chi connectivity index (χ2n) is 8.24. The van der Waals surface area contributed by atoms with Crippen LogP contribution in [-0.4, -0.2) is 47.4 Å². The van der Waals surface area contributed by atoms with Gasteiger partial charge in [-0.25, -0.2) is 4.79 Å². The highest BCUT2D eigenvalue weighted by Gasteiger charge is 2.45. The molecule has 1 aliphatic rings. The van der Waals surface area contributed by atoms with Gasteiger partial charge in [0.05, 0.1) is 6.04 Å². The van der Waals surface area contributed by atoms with E-state index >= 15 is 0 Å². The highest BCUT2D eigenvalue weighted by Crippen LogP contribution is 2.17. The van der Waals surface area contributed by atoms with E-state index in [1.165, 1.54) is 5.56 Å². The molecule has 1 heterocycles. The average molecular weight is 403 g/mol. The fourth-order valence-electron chi connectivity index (χ4n) is 3.06. The zero-order chi connectivity index (χ0) is 21.8. The van der Waals surface area contributed by atoms with Crippen LogP contribution in [0.1, 0.15) is 51.8 Å². The second kappa shape index (κ2) is 9.07. The molecule has 1 aromatic carbocycles. The molecular weight excluding hydrogens is 374 g/mol. The van der Waals surface area contributed by atoms with Gasteiger partial charge in [0.2, 0.25) is 0 Å². The van der Waals surface area contributed by atoms with Gasteiger partial charge in [0.1, 0.15) is 12.1 Å². The number of carbonyl (C=O) groups excluding carboxylic acids is 4. The molecule has 29 heavy (non-hydrogen) atoms. The quantitative estimate of drug-likeness (QED) is 0.510. The standard InChI is InChI=1S/C21H29N3O5/c1-13(2)10-15-6-8-16(9-7-15)14(3)22-17(25)12-29-18(26)11-24-19(27)21(4,5)23-20(24)28/h6-9,13-14H,10-12H2,1-5H3,(H,22,25)(H,23,28)/t14-/m0/s1. The molecule has 8 nitrogen and oxygen atoms in total. The van der Waals surface area contributed by atoms with E-state index in [1.807, 2.05) is 31.2 Å². The van der Waals surface area contributed by atoms with Crippen LogP contribution in [0.15, 0.2) is 24.3 Å². The van der Waals surface area contributed by atoms with Crippen molar-refractivity contribution < 1.29 is 23.9 Å². The van der Waals surface area contributed by atoms with Gasteiger partial charge in [-0.15, -0.1) is 0 Å². The first-order valence-electron chi connectivity index (χ1n) is 9.67. The van der Waals surface area contributed by atoms with Gasteiger partial charge in [-0.3, -0.25) is 19.3 Å². The number of hydrogen-bond acceptors (Lipinski definition) is 5. The molecule has 1 aromatic rings. The maximum absolute atomic E-state index is 12.1. The highest BCUT2D eigenvalue weighted by molar-refractivity contribution is 6.08. The molecular formula is C21H29N3O5. The van der Waals surface area contributed by atoms with Crippen molar-refractivity contribution in [2.75, 3.05) is 13.2 Å². The molecule has 0 unspecified atom stereocenters. The van der Waals surface area contributed by atoms with E-state index in [1.54, 1.807) is 13.8 Å². The third kappa shape index (κ3) is 6.04. The Kier molecular flexibility index (Phi) is 7.00. The SMILES string of the molecule is CC(C)Cc1ccc([C@H](C)NC(=O)COC(=O)CN2C(=O)NC(C)(C)C2=O)cc1. The normalized spacial score (nSPS) is 16.6. The number of urea groups is 1. The van der Waals surface area contributed by atoms with Crippen molar-refractivity contribution >= 4 is 23.8 Å². The molecule has 158 valence electrons. The summed E-state index contributed by atoms with van der Waals surface area (Å²) in [5.74, 6) is -1.24. The maximum Gasteiger partial charge on any atom is 0.326 e. The summed E-state index contributed by atoms with van der Waals surface area (Å²) in [7, 11) is 0. The topological polar surface area (TPSA) is 105 Å². The Morgan fingerprint density at radius 2 is 1.76 bits per heavy atom. The molecule has 1 fully saturated rings. The lowest BCUT2D eigenvalue weighted by atomic mass is 10.00. The van der Waals surface area contributed by atoms with Crippen LogP contribution >= 0.6 is 0 Å². The summed E-state index contributed by atoms with van der Waals surface area (Å²) in [5, 5.41) is 5.23. The van der Waals surface area contributed by atoms with Crippen molar-refractivity contribution in [1.29, 1.82) is 0 Å². The third-order valence-corrected chi connectivity index (χ3v) is 4.60. The van der Waals surface area contributed by atoms with Gasteiger partial charge in [0.15, 0.2) is 6.61 Å². The summed E-state index contributed by atoms with van der Waals surface area (Å²) >= 11 is 0. The van der Waals surface area contributed by atoms with Crippen molar-refractivity contribution in [3.05, 3.63) is 35.4 Å². The summed E-state index contributed by atoms with van der Waals surface area (Å²) in [6.07, 6.45) is 0.992. The number of benzene rings is 1. The lowest BCUT2D eigenvalue weighted by Crippen LogP contribution is -2.41. The Labute approximate surface area is 171 Å². The Morgan fingerprint density at radius 3 is 2.28 bits per heavy atom. The Hall–Kier alpha value is -2.90. The summed E-state index contributed by atoms with van der Waals surface area (Å²) < 4.78 is 4.91. The molecule has 1 aliphatic heterocycles. The van der Waals surface area contributed by atoms with Gasteiger partial charge in [0, 0.05) is 0 Å². The number of nitrogens with one attached hydrogen (secondary N) is 2. The van der Waals surface area contributed by atoms with Crippen LogP contribution < -0.4 is 10.6 Å². The minimum absolute atomic E-state index is 0.249. The molecule has 0 aromatic heterocycles. The number of hydrogen-bond donors (Lipinski definition) is 2. The number of nitrogens with zero attached hydrogens (tertiary/aromatic N) is 1. The van der Waals surface area contributed by atoms with Gasteiger partial charge >= 0.3 is 12.0 Å². The smallest absolute Gasteiger partial charge is 0.326 e. The number of esters is 1. The predicted octanol–water partition coefficient (Wildman–Crippen LogP) is 1.94. The van der Waals surface area contributed by atoms with Crippen molar-refractivity contribution in [2.45, 2.75) is 52.6 Å². The molecule has 0 bridgehead atoms. The molecule has 2 N–H and O–H groups in total. The molecule has 1 atom stereocenters. The highest BCUT2D eigenvalue weighted by atomic mass is 16.5. The van der Waals surface area contributed by atoms with Crippen molar-refractivity contribution in [2.24, 2.45) is 5.92 Å². The number of rotatable bonds is 8. The maximum atomic E-state index is 12.1. The molecule has 4 amide bonds. The molecule has 8 heteroatoms. The van der Waals surface area contributed by atoms with Crippen LogP contribution in [0.4, 0.5) is 4.79 Å².